The molecule has 21 heavy (non-hydrogen) atoms. The van der Waals surface area contributed by atoms with Gasteiger partial charge in [-0.1, -0.05) is 24.3 Å². The van der Waals surface area contributed by atoms with E-state index in [0.717, 1.165) is 30.0 Å². The van der Waals surface area contributed by atoms with Crippen molar-refractivity contribution in [3.63, 3.8) is 0 Å². The van der Waals surface area contributed by atoms with E-state index in [4.69, 9.17) is 10.5 Å². The van der Waals surface area contributed by atoms with Crippen LogP contribution in [0.15, 0.2) is 30.3 Å². The minimum absolute atomic E-state index is 0.103. The van der Waals surface area contributed by atoms with E-state index in [0.29, 0.717) is 17.6 Å². The molecular formula is C16H17N3O2. The molecule has 4 rings (SSSR count). The Labute approximate surface area is 122 Å². The first-order chi connectivity index (χ1) is 10.2. The van der Waals surface area contributed by atoms with Crippen molar-refractivity contribution < 1.29 is 9.53 Å². The summed E-state index contributed by atoms with van der Waals surface area (Å²) in [6, 6.07) is 9.56. The van der Waals surface area contributed by atoms with Gasteiger partial charge in [-0.25, -0.2) is 4.98 Å². The third kappa shape index (κ3) is 2.14. The highest BCUT2D eigenvalue weighted by Gasteiger charge is 2.41. The lowest BCUT2D eigenvalue weighted by Gasteiger charge is -2.19. The second kappa shape index (κ2) is 4.70. The van der Waals surface area contributed by atoms with Crippen LogP contribution in [0.25, 0.3) is 10.8 Å². The number of carbonyl (C=O) groups excluding carboxylic acids is 1. The number of rotatable bonds is 2. The van der Waals surface area contributed by atoms with Crippen LogP contribution < -0.4 is 11.1 Å². The Kier molecular flexibility index (Phi) is 2.82. The first-order valence-corrected chi connectivity index (χ1v) is 7.32. The molecule has 5 heteroatoms. The van der Waals surface area contributed by atoms with Gasteiger partial charge in [-0.2, -0.15) is 0 Å². The molecule has 108 valence electrons. The number of nitrogens with two attached hydrogens (primary N) is 1. The summed E-state index contributed by atoms with van der Waals surface area (Å²) >= 11 is 0. The molecule has 3 N–H and O–H groups in total. The molecule has 3 atom stereocenters. The topological polar surface area (TPSA) is 77.2 Å². The normalized spacial score (nSPS) is 27.1. The van der Waals surface area contributed by atoms with E-state index >= 15 is 0 Å². The number of amides is 1. The smallest absolute Gasteiger partial charge is 0.270 e. The number of nitrogens with one attached hydrogen (secondary N) is 1. The minimum Gasteiger partial charge on any atom is -0.383 e. The van der Waals surface area contributed by atoms with E-state index in [1.807, 2.05) is 24.3 Å². The Morgan fingerprint density at radius 2 is 2.19 bits per heavy atom. The number of ether oxygens (including phenoxy) is 1. The van der Waals surface area contributed by atoms with E-state index in [-0.39, 0.29) is 18.1 Å². The maximum Gasteiger partial charge on any atom is 0.270 e. The fourth-order valence-corrected chi connectivity index (χ4v) is 3.37. The van der Waals surface area contributed by atoms with Crippen LogP contribution in [0.3, 0.4) is 0 Å². The first-order valence-electron chi connectivity index (χ1n) is 7.32. The van der Waals surface area contributed by atoms with E-state index in [1.54, 1.807) is 6.07 Å². The maximum atomic E-state index is 12.4. The summed E-state index contributed by atoms with van der Waals surface area (Å²) in [4.78, 5) is 16.6. The van der Waals surface area contributed by atoms with Gasteiger partial charge in [-0.3, -0.25) is 4.79 Å². The van der Waals surface area contributed by atoms with Gasteiger partial charge in [0.05, 0.1) is 18.2 Å². The number of hydrogen-bond acceptors (Lipinski definition) is 4. The van der Waals surface area contributed by atoms with Gasteiger partial charge in [-0.05, 0) is 30.7 Å². The lowest BCUT2D eigenvalue weighted by molar-refractivity contribution is 0.0837. The summed E-state index contributed by atoms with van der Waals surface area (Å²) < 4.78 is 5.76. The summed E-state index contributed by atoms with van der Waals surface area (Å²) in [5, 5.41) is 4.84. The van der Waals surface area contributed by atoms with Crippen LogP contribution >= 0.6 is 0 Å². The maximum absolute atomic E-state index is 12.4. The average molecular weight is 283 g/mol. The van der Waals surface area contributed by atoms with Crippen molar-refractivity contribution in [2.45, 2.75) is 37.5 Å². The number of pyridine rings is 1. The number of benzene rings is 1. The molecule has 3 heterocycles. The summed E-state index contributed by atoms with van der Waals surface area (Å²) in [6.45, 7) is 0. The molecule has 0 aliphatic carbocycles. The molecule has 0 saturated carbocycles. The molecule has 0 radical (unpaired) electrons. The van der Waals surface area contributed by atoms with Crippen molar-refractivity contribution in [3.05, 3.63) is 36.0 Å². The number of anilines is 1. The van der Waals surface area contributed by atoms with Crippen molar-refractivity contribution in [3.8, 4) is 0 Å². The zero-order valence-corrected chi connectivity index (χ0v) is 11.6. The van der Waals surface area contributed by atoms with Crippen LogP contribution in [0, 0.1) is 0 Å². The van der Waals surface area contributed by atoms with E-state index < -0.39 is 0 Å². The molecule has 2 bridgehead atoms. The Morgan fingerprint density at radius 1 is 1.33 bits per heavy atom. The van der Waals surface area contributed by atoms with E-state index in [1.165, 1.54) is 0 Å². The Morgan fingerprint density at radius 3 is 2.95 bits per heavy atom. The predicted molar refractivity (Wildman–Crippen MR) is 79.9 cm³/mol. The molecule has 2 fully saturated rings. The molecule has 5 nitrogen and oxygen atoms in total. The number of aromatic nitrogens is 1. The van der Waals surface area contributed by atoms with Crippen molar-refractivity contribution in [2.24, 2.45) is 0 Å². The monoisotopic (exact) mass is 283 g/mol. The summed E-state index contributed by atoms with van der Waals surface area (Å²) in [5.41, 5.74) is 6.32. The third-order valence-corrected chi connectivity index (χ3v) is 4.43. The van der Waals surface area contributed by atoms with Crippen molar-refractivity contribution in [2.75, 3.05) is 5.73 Å². The fraction of sp³-hybridized carbons (Fsp3) is 0.375. The second-order valence-electron chi connectivity index (χ2n) is 5.80. The van der Waals surface area contributed by atoms with Crippen molar-refractivity contribution in [1.29, 1.82) is 0 Å². The minimum atomic E-state index is -0.173. The van der Waals surface area contributed by atoms with E-state index in [2.05, 4.69) is 10.3 Å². The van der Waals surface area contributed by atoms with Crippen molar-refractivity contribution >= 4 is 22.5 Å². The van der Waals surface area contributed by atoms with Crippen LogP contribution in [0.4, 0.5) is 5.82 Å². The summed E-state index contributed by atoms with van der Waals surface area (Å²) in [7, 11) is 0. The Balaban J connectivity index is 1.59. The van der Waals surface area contributed by atoms with E-state index in [9.17, 15) is 4.79 Å². The fourth-order valence-electron chi connectivity index (χ4n) is 3.37. The SMILES string of the molecule is Nc1nc(C(=O)NC2CC3CCC2O3)cc2ccccc12. The molecule has 2 saturated heterocycles. The molecular weight excluding hydrogens is 266 g/mol. The summed E-state index contributed by atoms with van der Waals surface area (Å²) in [5.74, 6) is 0.219. The van der Waals surface area contributed by atoms with Crippen LogP contribution in [0.5, 0.6) is 0 Å². The average Bonchev–Trinajstić information content (AvgIpc) is 3.10. The highest BCUT2D eigenvalue weighted by atomic mass is 16.5. The van der Waals surface area contributed by atoms with Gasteiger partial charge in [-0.15, -0.1) is 0 Å². The van der Waals surface area contributed by atoms with Gasteiger partial charge in [0.1, 0.15) is 11.5 Å². The molecule has 3 unspecified atom stereocenters. The van der Waals surface area contributed by atoms with Gasteiger partial charge in [0, 0.05) is 5.39 Å². The Hall–Kier alpha value is -2.14. The quantitative estimate of drug-likeness (QED) is 0.882. The molecule has 1 aromatic carbocycles. The molecule has 0 spiro atoms. The number of carbonyl (C=O) groups is 1. The molecule has 2 aliphatic rings. The predicted octanol–water partition coefficient (Wildman–Crippen LogP) is 1.87. The highest BCUT2D eigenvalue weighted by Crippen LogP contribution is 2.34. The molecule has 1 amide bonds. The second-order valence-corrected chi connectivity index (χ2v) is 5.80. The number of nitrogen functional groups attached to an aromatic ring is 1. The lowest BCUT2D eigenvalue weighted by Crippen LogP contribution is -2.41. The van der Waals surface area contributed by atoms with Crippen LogP contribution in [0.1, 0.15) is 29.8 Å². The third-order valence-electron chi connectivity index (χ3n) is 4.43. The molecule has 1 aromatic heterocycles. The lowest BCUT2D eigenvalue weighted by atomic mass is 9.95. The van der Waals surface area contributed by atoms with Gasteiger partial charge in [0.25, 0.3) is 5.91 Å². The van der Waals surface area contributed by atoms with Crippen LogP contribution in [0.2, 0.25) is 0 Å². The van der Waals surface area contributed by atoms with Gasteiger partial charge >= 0.3 is 0 Å². The first kappa shape index (κ1) is 12.6. The molecule has 2 aromatic rings. The van der Waals surface area contributed by atoms with Gasteiger partial charge < -0.3 is 15.8 Å². The standard InChI is InChI=1S/C16H17N3O2/c17-15-11-4-2-1-3-9(11)7-13(18-15)16(20)19-12-8-10-5-6-14(12)21-10/h1-4,7,10,12,14H,5-6,8H2,(H2,17,18)(H,19,20). The van der Waals surface area contributed by atoms with Gasteiger partial charge in [0.2, 0.25) is 0 Å². The zero-order chi connectivity index (χ0) is 14.4. The Bertz CT molecular complexity index is 716. The largest absolute Gasteiger partial charge is 0.383 e. The number of hydrogen-bond donors (Lipinski definition) is 2. The highest BCUT2D eigenvalue weighted by molar-refractivity contribution is 5.99. The van der Waals surface area contributed by atoms with Crippen molar-refractivity contribution in [1.82, 2.24) is 10.3 Å². The number of nitrogens with zero attached hydrogens (tertiary/aromatic N) is 1. The molecule has 2 aliphatic heterocycles. The zero-order valence-electron chi connectivity index (χ0n) is 11.6. The summed E-state index contributed by atoms with van der Waals surface area (Å²) in [6.07, 6.45) is 3.52. The van der Waals surface area contributed by atoms with Crippen LogP contribution in [-0.4, -0.2) is 29.1 Å². The van der Waals surface area contributed by atoms with Crippen LogP contribution in [-0.2, 0) is 4.74 Å². The van der Waals surface area contributed by atoms with Gasteiger partial charge in [0.15, 0.2) is 0 Å². The number of fused-ring (bicyclic) bond motifs is 3.